The topological polar surface area (TPSA) is 62.3 Å². The molecule has 1 aliphatic rings. The van der Waals surface area contributed by atoms with Gasteiger partial charge in [-0.15, -0.1) is 11.3 Å². The normalized spacial score (nSPS) is 13.9. The standard InChI is InChI=1S/C23H23N3O2S/c1-16-8-10-17(11-9-16)22-25-20(15-29-22)21(27)24-19-7-5-6-18(14-19)23(28)26-12-3-2-4-13-26/h5-11,14-15H,2-4,12-13H2,1H3,(H,24,27). The Morgan fingerprint density at radius 2 is 1.79 bits per heavy atom. The summed E-state index contributed by atoms with van der Waals surface area (Å²) in [6, 6.07) is 15.2. The Labute approximate surface area is 174 Å². The Hall–Kier alpha value is -2.99. The fraction of sp³-hybridized carbons (Fsp3) is 0.261. The van der Waals surface area contributed by atoms with E-state index in [1.54, 1.807) is 29.6 Å². The van der Waals surface area contributed by atoms with E-state index in [1.807, 2.05) is 36.1 Å². The van der Waals surface area contributed by atoms with E-state index in [1.165, 1.54) is 23.3 Å². The van der Waals surface area contributed by atoms with Crippen molar-refractivity contribution in [2.75, 3.05) is 18.4 Å². The minimum absolute atomic E-state index is 0.0242. The van der Waals surface area contributed by atoms with E-state index in [0.29, 0.717) is 16.9 Å². The Morgan fingerprint density at radius 1 is 1.03 bits per heavy atom. The second-order valence-corrected chi connectivity index (χ2v) is 8.15. The fourth-order valence-corrected chi connectivity index (χ4v) is 4.22. The molecule has 4 rings (SSSR count). The van der Waals surface area contributed by atoms with Crippen LogP contribution < -0.4 is 5.32 Å². The Morgan fingerprint density at radius 3 is 2.55 bits per heavy atom. The van der Waals surface area contributed by atoms with Crippen LogP contribution in [0.15, 0.2) is 53.9 Å². The summed E-state index contributed by atoms with van der Waals surface area (Å²) < 4.78 is 0. The van der Waals surface area contributed by atoms with Gasteiger partial charge in [-0.3, -0.25) is 9.59 Å². The van der Waals surface area contributed by atoms with Crippen LogP contribution in [0.25, 0.3) is 10.6 Å². The summed E-state index contributed by atoms with van der Waals surface area (Å²) in [7, 11) is 0. The zero-order chi connectivity index (χ0) is 20.2. The van der Waals surface area contributed by atoms with Crippen LogP contribution in [0.3, 0.4) is 0 Å². The minimum Gasteiger partial charge on any atom is -0.339 e. The van der Waals surface area contributed by atoms with Gasteiger partial charge in [0.2, 0.25) is 0 Å². The first-order chi connectivity index (χ1) is 14.1. The molecule has 6 heteroatoms. The van der Waals surface area contributed by atoms with Crippen molar-refractivity contribution >= 4 is 28.8 Å². The maximum atomic E-state index is 12.7. The molecule has 1 aromatic heterocycles. The SMILES string of the molecule is Cc1ccc(-c2nc(C(=O)Nc3cccc(C(=O)N4CCCCC4)c3)cs2)cc1. The van der Waals surface area contributed by atoms with Crippen LogP contribution in [0.2, 0.25) is 0 Å². The molecule has 29 heavy (non-hydrogen) atoms. The van der Waals surface area contributed by atoms with Gasteiger partial charge in [0.1, 0.15) is 10.7 Å². The number of nitrogens with zero attached hydrogens (tertiary/aromatic N) is 2. The second kappa shape index (κ2) is 8.57. The number of carbonyl (C=O) groups is 2. The fourth-order valence-electron chi connectivity index (χ4n) is 3.41. The molecule has 0 spiro atoms. The zero-order valence-corrected chi connectivity index (χ0v) is 17.2. The minimum atomic E-state index is -0.276. The first kappa shape index (κ1) is 19.3. The van der Waals surface area contributed by atoms with Gasteiger partial charge in [-0.25, -0.2) is 4.98 Å². The van der Waals surface area contributed by atoms with Crippen molar-refractivity contribution in [2.45, 2.75) is 26.2 Å². The third-order valence-electron chi connectivity index (χ3n) is 5.05. The lowest BCUT2D eigenvalue weighted by atomic mass is 10.1. The molecule has 2 aromatic carbocycles. The molecule has 1 aliphatic heterocycles. The van der Waals surface area contributed by atoms with Crippen LogP contribution in [0, 0.1) is 6.92 Å². The van der Waals surface area contributed by atoms with Crippen molar-refractivity contribution in [2.24, 2.45) is 0 Å². The van der Waals surface area contributed by atoms with E-state index < -0.39 is 0 Å². The van der Waals surface area contributed by atoms with Crippen LogP contribution in [0.4, 0.5) is 5.69 Å². The summed E-state index contributed by atoms with van der Waals surface area (Å²) in [5.74, 6) is -0.252. The third kappa shape index (κ3) is 4.54. The molecular weight excluding hydrogens is 382 g/mol. The number of anilines is 1. The van der Waals surface area contributed by atoms with Crippen molar-refractivity contribution in [1.82, 2.24) is 9.88 Å². The summed E-state index contributed by atoms with van der Waals surface area (Å²) in [6.07, 6.45) is 3.28. The number of nitrogens with one attached hydrogen (secondary N) is 1. The zero-order valence-electron chi connectivity index (χ0n) is 16.4. The van der Waals surface area contributed by atoms with E-state index >= 15 is 0 Å². The lowest BCUT2D eigenvalue weighted by Crippen LogP contribution is -2.35. The molecule has 0 radical (unpaired) electrons. The van der Waals surface area contributed by atoms with Crippen molar-refractivity contribution < 1.29 is 9.59 Å². The molecule has 0 unspecified atom stereocenters. The summed E-state index contributed by atoms with van der Waals surface area (Å²) in [5, 5.41) is 5.43. The predicted molar refractivity (Wildman–Crippen MR) is 116 cm³/mol. The molecule has 2 heterocycles. The van der Waals surface area contributed by atoms with E-state index in [0.717, 1.165) is 36.5 Å². The van der Waals surface area contributed by atoms with Gasteiger partial charge in [-0.05, 0) is 44.4 Å². The van der Waals surface area contributed by atoms with Crippen molar-refractivity contribution in [3.05, 3.63) is 70.7 Å². The smallest absolute Gasteiger partial charge is 0.275 e. The maximum Gasteiger partial charge on any atom is 0.275 e. The molecule has 5 nitrogen and oxygen atoms in total. The Balaban J connectivity index is 1.46. The van der Waals surface area contributed by atoms with Crippen LogP contribution in [0.5, 0.6) is 0 Å². The molecule has 1 N–H and O–H groups in total. The van der Waals surface area contributed by atoms with E-state index in [2.05, 4.69) is 10.3 Å². The maximum absolute atomic E-state index is 12.7. The monoisotopic (exact) mass is 405 g/mol. The molecule has 1 fully saturated rings. The number of amides is 2. The lowest BCUT2D eigenvalue weighted by molar-refractivity contribution is 0.0724. The molecular formula is C23H23N3O2S. The van der Waals surface area contributed by atoms with Gasteiger partial charge in [0.05, 0.1) is 0 Å². The Kier molecular flexibility index (Phi) is 5.71. The molecule has 2 amide bonds. The highest BCUT2D eigenvalue weighted by Gasteiger charge is 2.19. The molecule has 0 bridgehead atoms. The molecule has 1 saturated heterocycles. The van der Waals surface area contributed by atoms with E-state index in [-0.39, 0.29) is 11.8 Å². The second-order valence-electron chi connectivity index (χ2n) is 7.29. The van der Waals surface area contributed by atoms with Gasteiger partial charge >= 0.3 is 0 Å². The van der Waals surface area contributed by atoms with Crippen molar-refractivity contribution in [3.63, 3.8) is 0 Å². The van der Waals surface area contributed by atoms with Crippen LogP contribution in [0.1, 0.15) is 45.7 Å². The number of rotatable bonds is 4. The van der Waals surface area contributed by atoms with Gasteiger partial charge in [0, 0.05) is 35.3 Å². The lowest BCUT2D eigenvalue weighted by Gasteiger charge is -2.26. The summed E-state index contributed by atoms with van der Waals surface area (Å²) in [6.45, 7) is 3.64. The Bertz CT molecular complexity index is 1020. The average molecular weight is 406 g/mol. The molecule has 0 atom stereocenters. The number of carbonyl (C=O) groups excluding carboxylic acids is 2. The van der Waals surface area contributed by atoms with E-state index in [9.17, 15) is 9.59 Å². The number of hydrogen-bond donors (Lipinski definition) is 1. The number of benzene rings is 2. The quantitative estimate of drug-likeness (QED) is 0.665. The average Bonchev–Trinajstić information content (AvgIpc) is 3.25. The van der Waals surface area contributed by atoms with Gasteiger partial charge in [-0.1, -0.05) is 35.9 Å². The van der Waals surface area contributed by atoms with Gasteiger partial charge in [0.25, 0.3) is 11.8 Å². The highest BCUT2D eigenvalue weighted by atomic mass is 32.1. The molecule has 148 valence electrons. The molecule has 3 aromatic rings. The van der Waals surface area contributed by atoms with Crippen LogP contribution >= 0.6 is 11.3 Å². The number of piperidine rings is 1. The van der Waals surface area contributed by atoms with Crippen molar-refractivity contribution in [1.29, 1.82) is 0 Å². The van der Waals surface area contributed by atoms with Gasteiger partial charge in [0.15, 0.2) is 0 Å². The number of aromatic nitrogens is 1. The summed E-state index contributed by atoms with van der Waals surface area (Å²) in [5.41, 5.74) is 3.75. The van der Waals surface area contributed by atoms with Crippen LogP contribution in [-0.4, -0.2) is 34.8 Å². The largest absolute Gasteiger partial charge is 0.339 e. The van der Waals surface area contributed by atoms with E-state index in [4.69, 9.17) is 0 Å². The van der Waals surface area contributed by atoms with Gasteiger partial charge < -0.3 is 10.2 Å². The van der Waals surface area contributed by atoms with Crippen LogP contribution in [-0.2, 0) is 0 Å². The third-order valence-corrected chi connectivity index (χ3v) is 5.94. The summed E-state index contributed by atoms with van der Waals surface area (Å²) in [4.78, 5) is 31.7. The predicted octanol–water partition coefficient (Wildman–Crippen LogP) is 5.00. The number of likely N-dealkylation sites (tertiary alicyclic amines) is 1. The number of thiazole rings is 1. The highest BCUT2D eigenvalue weighted by Crippen LogP contribution is 2.24. The summed E-state index contributed by atoms with van der Waals surface area (Å²) >= 11 is 1.44. The molecule has 0 aliphatic carbocycles. The van der Waals surface area contributed by atoms with Gasteiger partial charge in [-0.2, -0.15) is 0 Å². The first-order valence-corrected chi connectivity index (χ1v) is 10.7. The number of hydrogen-bond acceptors (Lipinski definition) is 4. The van der Waals surface area contributed by atoms with Crippen molar-refractivity contribution in [3.8, 4) is 10.6 Å². The number of aryl methyl sites for hydroxylation is 1. The highest BCUT2D eigenvalue weighted by molar-refractivity contribution is 7.13. The molecule has 0 saturated carbocycles. The first-order valence-electron chi connectivity index (χ1n) is 9.83.